The quantitative estimate of drug-likeness (QED) is 0.775. The smallest absolute Gasteiger partial charge is 0.253 e. The summed E-state index contributed by atoms with van der Waals surface area (Å²) in [4.78, 5) is 12.5. The van der Waals surface area contributed by atoms with Gasteiger partial charge >= 0.3 is 0 Å². The molecular weight excluding hydrogens is 298 g/mol. The lowest BCUT2D eigenvalue weighted by Crippen LogP contribution is -2.42. The number of nitrogens with two attached hydrogens (primary N) is 1. The summed E-state index contributed by atoms with van der Waals surface area (Å²) in [6.45, 7) is 5.74. The van der Waals surface area contributed by atoms with E-state index < -0.39 is 10.0 Å². The highest BCUT2D eigenvalue weighted by Crippen LogP contribution is 2.24. The Bertz CT molecular complexity index is 552. The van der Waals surface area contributed by atoms with Crippen LogP contribution in [0.5, 0.6) is 0 Å². The first kappa shape index (κ1) is 17.1. The van der Waals surface area contributed by atoms with Crippen molar-refractivity contribution in [3.63, 3.8) is 0 Å². The van der Waals surface area contributed by atoms with Crippen LogP contribution in [0.1, 0.15) is 25.6 Å². The van der Waals surface area contributed by atoms with Crippen LogP contribution < -0.4 is 11.1 Å². The summed E-state index contributed by atoms with van der Waals surface area (Å²) in [5, 5.41) is 2.69. The second kappa shape index (κ2) is 7.16. The molecule has 0 aromatic carbocycles. The van der Waals surface area contributed by atoms with Gasteiger partial charge in [-0.3, -0.25) is 4.79 Å². The van der Waals surface area contributed by atoms with Crippen LogP contribution in [-0.4, -0.2) is 37.8 Å². The molecule has 6 nitrogen and oxygen atoms in total. The molecule has 0 aliphatic carbocycles. The molecule has 0 atom stereocenters. The molecule has 1 amide bonds. The summed E-state index contributed by atoms with van der Waals surface area (Å²) in [6, 6.07) is 3.21. The molecule has 3 N–H and O–H groups in total. The van der Waals surface area contributed by atoms with Crippen LogP contribution in [0.2, 0.25) is 0 Å². The highest BCUT2D eigenvalue weighted by Gasteiger charge is 2.26. The van der Waals surface area contributed by atoms with Crippen molar-refractivity contribution in [3.8, 4) is 0 Å². The number of amides is 1. The zero-order chi connectivity index (χ0) is 15.3. The van der Waals surface area contributed by atoms with E-state index in [2.05, 4.69) is 5.32 Å². The average Bonchev–Trinajstić information content (AvgIpc) is 2.84. The molecule has 0 saturated carbocycles. The number of likely N-dealkylation sites (N-methyl/N-ethyl adjacent to an activating group) is 1. The van der Waals surface area contributed by atoms with Gasteiger partial charge in [0.1, 0.15) is 4.21 Å². The first-order valence-corrected chi connectivity index (χ1v) is 8.65. The predicted molar refractivity (Wildman–Crippen MR) is 79.9 cm³/mol. The molecule has 1 aromatic heterocycles. The molecule has 1 aromatic rings. The first-order valence-electron chi connectivity index (χ1n) is 6.39. The van der Waals surface area contributed by atoms with Gasteiger partial charge in [0, 0.05) is 24.0 Å². The van der Waals surface area contributed by atoms with Crippen molar-refractivity contribution in [1.82, 2.24) is 9.62 Å². The molecule has 0 unspecified atom stereocenters. The second-order valence-corrected chi connectivity index (χ2v) is 7.91. The minimum Gasteiger partial charge on any atom is -0.353 e. The standard InChI is InChI=1S/C12H21N3O3S2/c1-4-15(8-11(16)14-9(2)3)20(17,18)12-6-5-10(7-13)19-12/h5-6,9H,4,7-8,13H2,1-3H3,(H,14,16). The van der Waals surface area contributed by atoms with Gasteiger partial charge in [-0.2, -0.15) is 4.31 Å². The maximum Gasteiger partial charge on any atom is 0.253 e. The van der Waals surface area contributed by atoms with E-state index in [0.29, 0.717) is 6.54 Å². The Hall–Kier alpha value is -0.960. The van der Waals surface area contributed by atoms with Crippen LogP contribution in [0.4, 0.5) is 0 Å². The van der Waals surface area contributed by atoms with E-state index in [1.54, 1.807) is 13.0 Å². The number of nitrogens with zero attached hydrogens (tertiary/aromatic N) is 1. The number of thiophene rings is 1. The molecule has 1 rings (SSSR count). The van der Waals surface area contributed by atoms with Crippen LogP contribution in [0, 0.1) is 0 Å². The van der Waals surface area contributed by atoms with Gasteiger partial charge in [0.05, 0.1) is 6.54 Å². The molecule has 114 valence electrons. The number of hydrogen-bond acceptors (Lipinski definition) is 5. The lowest BCUT2D eigenvalue weighted by atomic mass is 10.4. The Balaban J connectivity index is 2.89. The number of rotatable bonds is 7. The molecule has 0 aliphatic heterocycles. The average molecular weight is 319 g/mol. The van der Waals surface area contributed by atoms with Gasteiger partial charge in [-0.15, -0.1) is 11.3 Å². The molecular formula is C12H21N3O3S2. The predicted octanol–water partition coefficient (Wildman–Crippen LogP) is 0.742. The summed E-state index contributed by atoms with van der Waals surface area (Å²) in [5.41, 5.74) is 5.49. The number of carbonyl (C=O) groups excluding carboxylic acids is 1. The minimum atomic E-state index is -3.64. The van der Waals surface area contributed by atoms with E-state index in [-0.39, 0.29) is 29.2 Å². The fraction of sp³-hybridized carbons (Fsp3) is 0.583. The number of sulfonamides is 1. The summed E-state index contributed by atoms with van der Waals surface area (Å²) >= 11 is 1.14. The van der Waals surface area contributed by atoms with Gasteiger partial charge in [-0.25, -0.2) is 8.42 Å². The molecule has 0 aliphatic rings. The minimum absolute atomic E-state index is 0.0190. The second-order valence-electron chi connectivity index (χ2n) is 4.58. The van der Waals surface area contributed by atoms with Crippen LogP contribution in [0.25, 0.3) is 0 Å². The van der Waals surface area contributed by atoms with Gasteiger partial charge in [-0.05, 0) is 26.0 Å². The normalized spacial score (nSPS) is 12.1. The van der Waals surface area contributed by atoms with Crippen LogP contribution in [-0.2, 0) is 21.4 Å². The Morgan fingerprint density at radius 2 is 2.10 bits per heavy atom. The van der Waals surface area contributed by atoms with Gasteiger partial charge in [0.2, 0.25) is 5.91 Å². The van der Waals surface area contributed by atoms with E-state index >= 15 is 0 Å². The molecule has 0 saturated heterocycles. The van der Waals surface area contributed by atoms with Crippen LogP contribution in [0.15, 0.2) is 16.3 Å². The van der Waals surface area contributed by atoms with E-state index in [1.807, 2.05) is 13.8 Å². The summed E-state index contributed by atoms with van der Waals surface area (Å²) in [7, 11) is -3.64. The maximum atomic E-state index is 12.4. The number of nitrogens with one attached hydrogen (secondary N) is 1. The van der Waals surface area contributed by atoms with Gasteiger partial charge in [0.25, 0.3) is 10.0 Å². The number of carbonyl (C=O) groups is 1. The van der Waals surface area contributed by atoms with E-state index in [4.69, 9.17) is 5.73 Å². The maximum absolute atomic E-state index is 12.4. The lowest BCUT2D eigenvalue weighted by Gasteiger charge is -2.19. The van der Waals surface area contributed by atoms with Crippen molar-refractivity contribution in [3.05, 3.63) is 17.0 Å². The van der Waals surface area contributed by atoms with E-state index in [9.17, 15) is 13.2 Å². The zero-order valence-corrected chi connectivity index (χ0v) is 13.6. The molecule has 0 fully saturated rings. The van der Waals surface area contributed by atoms with Crippen LogP contribution >= 0.6 is 11.3 Å². The lowest BCUT2D eigenvalue weighted by molar-refractivity contribution is -0.121. The third-order valence-electron chi connectivity index (χ3n) is 2.55. The number of hydrogen-bond donors (Lipinski definition) is 2. The fourth-order valence-electron chi connectivity index (χ4n) is 1.63. The Morgan fingerprint density at radius 3 is 2.55 bits per heavy atom. The molecule has 0 spiro atoms. The van der Waals surface area contributed by atoms with E-state index in [1.165, 1.54) is 6.07 Å². The van der Waals surface area contributed by atoms with Crippen molar-refractivity contribution in [2.75, 3.05) is 13.1 Å². The zero-order valence-electron chi connectivity index (χ0n) is 11.9. The third-order valence-corrected chi connectivity index (χ3v) is 6.05. The van der Waals surface area contributed by atoms with Gasteiger partial charge in [-0.1, -0.05) is 6.92 Å². The van der Waals surface area contributed by atoms with Crippen molar-refractivity contribution >= 4 is 27.3 Å². The third kappa shape index (κ3) is 4.27. The Kier molecular flexibility index (Phi) is 6.12. The van der Waals surface area contributed by atoms with Gasteiger partial charge in [0.15, 0.2) is 0 Å². The molecule has 20 heavy (non-hydrogen) atoms. The Labute approximate surface area is 124 Å². The van der Waals surface area contributed by atoms with Crippen molar-refractivity contribution in [2.24, 2.45) is 5.73 Å². The SMILES string of the molecule is CCN(CC(=O)NC(C)C)S(=O)(=O)c1ccc(CN)s1. The van der Waals surface area contributed by atoms with Crippen molar-refractivity contribution in [1.29, 1.82) is 0 Å². The van der Waals surface area contributed by atoms with Gasteiger partial charge < -0.3 is 11.1 Å². The highest BCUT2D eigenvalue weighted by atomic mass is 32.2. The molecule has 0 bridgehead atoms. The Morgan fingerprint density at radius 1 is 1.45 bits per heavy atom. The first-order chi connectivity index (χ1) is 9.31. The largest absolute Gasteiger partial charge is 0.353 e. The summed E-state index contributed by atoms with van der Waals surface area (Å²) < 4.78 is 26.2. The van der Waals surface area contributed by atoms with Crippen molar-refractivity contribution in [2.45, 2.75) is 37.6 Å². The summed E-state index contributed by atoms with van der Waals surface area (Å²) in [6.07, 6.45) is 0. The monoisotopic (exact) mass is 319 g/mol. The van der Waals surface area contributed by atoms with Crippen LogP contribution in [0.3, 0.4) is 0 Å². The fourth-order valence-corrected chi connectivity index (χ4v) is 4.42. The molecule has 1 heterocycles. The summed E-state index contributed by atoms with van der Waals surface area (Å²) in [5.74, 6) is -0.305. The van der Waals surface area contributed by atoms with Crippen molar-refractivity contribution < 1.29 is 13.2 Å². The highest BCUT2D eigenvalue weighted by molar-refractivity contribution is 7.91. The molecule has 8 heteroatoms. The van der Waals surface area contributed by atoms with E-state index in [0.717, 1.165) is 20.5 Å². The molecule has 0 radical (unpaired) electrons. The topological polar surface area (TPSA) is 92.5 Å².